The predicted octanol–water partition coefficient (Wildman–Crippen LogP) is 1.55. The van der Waals surface area contributed by atoms with E-state index in [1.54, 1.807) is 0 Å². The molecule has 1 aromatic carbocycles. The van der Waals surface area contributed by atoms with Gasteiger partial charge in [-0.15, -0.1) is 0 Å². The highest BCUT2D eigenvalue weighted by atomic mass is 32.2. The molecule has 12 heteroatoms. The summed E-state index contributed by atoms with van der Waals surface area (Å²) in [4.78, 5) is 18.7. The first-order chi connectivity index (χ1) is 12.1. The highest BCUT2D eigenvalue weighted by Gasteiger charge is 2.32. The van der Waals surface area contributed by atoms with E-state index in [4.69, 9.17) is 5.14 Å². The number of carbonyl (C=O) groups is 1. The van der Waals surface area contributed by atoms with Gasteiger partial charge in [-0.3, -0.25) is 4.79 Å². The van der Waals surface area contributed by atoms with E-state index in [0.717, 1.165) is 24.0 Å². The number of carbonyl (C=O) groups excluding carboxylic acids is 1. The summed E-state index contributed by atoms with van der Waals surface area (Å²) in [6.07, 6.45) is -3.60. The van der Waals surface area contributed by atoms with E-state index in [9.17, 15) is 26.4 Å². The molecule has 3 N–H and O–H groups in total. The van der Waals surface area contributed by atoms with Crippen molar-refractivity contribution in [1.29, 1.82) is 0 Å². The standard InChI is InChI=1S/C14H13F3N4O3S2/c15-14(16,17)11-5-6-19-13(21-11)25-8-12(22)20-7-9-1-3-10(4-2-9)26(18,23)24/h1-6H,7-8H2,(H,20,22)(H2,18,23,24). The molecule has 0 fully saturated rings. The second kappa shape index (κ2) is 8.01. The van der Waals surface area contributed by atoms with Crippen molar-refractivity contribution in [2.24, 2.45) is 5.14 Å². The molecular weight excluding hydrogens is 393 g/mol. The molecule has 1 amide bonds. The Morgan fingerprint density at radius 1 is 1.19 bits per heavy atom. The van der Waals surface area contributed by atoms with Gasteiger partial charge >= 0.3 is 6.18 Å². The largest absolute Gasteiger partial charge is 0.433 e. The molecule has 0 radical (unpaired) electrons. The van der Waals surface area contributed by atoms with Crippen LogP contribution >= 0.6 is 11.8 Å². The highest BCUT2D eigenvalue weighted by molar-refractivity contribution is 7.99. The number of benzene rings is 1. The average molecular weight is 406 g/mol. The molecule has 2 aromatic rings. The van der Waals surface area contributed by atoms with Gasteiger partial charge in [0.1, 0.15) is 5.69 Å². The van der Waals surface area contributed by atoms with Crippen LogP contribution in [0.3, 0.4) is 0 Å². The number of nitrogens with zero attached hydrogens (tertiary/aromatic N) is 2. The third-order valence-corrected chi connectivity index (χ3v) is 4.79. The Balaban J connectivity index is 1.86. The molecular formula is C14H13F3N4O3S2. The number of primary sulfonamides is 1. The van der Waals surface area contributed by atoms with Crippen molar-refractivity contribution in [2.75, 3.05) is 5.75 Å². The fourth-order valence-corrected chi connectivity index (χ4v) is 2.92. The van der Waals surface area contributed by atoms with E-state index in [0.29, 0.717) is 5.56 Å². The second-order valence-electron chi connectivity index (χ2n) is 4.98. The molecule has 26 heavy (non-hydrogen) atoms. The second-order valence-corrected chi connectivity index (χ2v) is 7.48. The molecule has 0 unspecified atom stereocenters. The quantitative estimate of drug-likeness (QED) is 0.556. The van der Waals surface area contributed by atoms with Crippen molar-refractivity contribution >= 4 is 27.7 Å². The lowest BCUT2D eigenvalue weighted by molar-refractivity contribution is -0.141. The fourth-order valence-electron chi connectivity index (χ4n) is 1.75. The topological polar surface area (TPSA) is 115 Å². The number of halogens is 3. The summed E-state index contributed by atoms with van der Waals surface area (Å²) in [5, 5.41) is 7.37. The first-order valence-corrected chi connectivity index (χ1v) is 9.50. The molecule has 1 aromatic heterocycles. The van der Waals surface area contributed by atoms with Crippen molar-refractivity contribution in [3.63, 3.8) is 0 Å². The number of amides is 1. The maximum atomic E-state index is 12.6. The fraction of sp³-hybridized carbons (Fsp3) is 0.214. The number of alkyl halides is 3. The SMILES string of the molecule is NS(=O)(=O)c1ccc(CNC(=O)CSc2nccc(C(F)(F)F)n2)cc1. The predicted molar refractivity (Wildman–Crippen MR) is 87.4 cm³/mol. The average Bonchev–Trinajstić information content (AvgIpc) is 2.57. The Labute approximate surface area is 151 Å². The van der Waals surface area contributed by atoms with Gasteiger partial charge in [-0.1, -0.05) is 23.9 Å². The number of thioether (sulfide) groups is 1. The Morgan fingerprint density at radius 3 is 2.42 bits per heavy atom. The maximum Gasteiger partial charge on any atom is 0.433 e. The minimum Gasteiger partial charge on any atom is -0.351 e. The molecule has 0 spiro atoms. The normalized spacial score (nSPS) is 12.0. The number of rotatable bonds is 6. The Morgan fingerprint density at radius 2 is 1.85 bits per heavy atom. The number of nitrogens with one attached hydrogen (secondary N) is 1. The lowest BCUT2D eigenvalue weighted by Gasteiger charge is -2.07. The van der Waals surface area contributed by atoms with Crippen molar-refractivity contribution < 1.29 is 26.4 Å². The van der Waals surface area contributed by atoms with Crippen molar-refractivity contribution in [3.8, 4) is 0 Å². The van der Waals surface area contributed by atoms with Crippen LogP contribution in [0.1, 0.15) is 11.3 Å². The van der Waals surface area contributed by atoms with Crippen molar-refractivity contribution in [3.05, 3.63) is 47.8 Å². The lowest BCUT2D eigenvalue weighted by atomic mass is 10.2. The van der Waals surface area contributed by atoms with Gasteiger partial charge in [0, 0.05) is 12.7 Å². The number of hydrogen-bond donors (Lipinski definition) is 2. The van der Waals surface area contributed by atoms with Crippen LogP contribution in [0.25, 0.3) is 0 Å². The Kier molecular flexibility index (Phi) is 6.21. The Hall–Kier alpha value is -2.18. The first-order valence-electron chi connectivity index (χ1n) is 6.97. The minimum atomic E-state index is -4.58. The van der Waals surface area contributed by atoms with E-state index in [2.05, 4.69) is 15.3 Å². The van der Waals surface area contributed by atoms with Gasteiger partial charge in [-0.05, 0) is 23.8 Å². The zero-order valence-corrected chi connectivity index (χ0v) is 14.7. The number of sulfonamides is 1. The molecule has 0 aliphatic carbocycles. The lowest BCUT2D eigenvalue weighted by Crippen LogP contribution is -2.24. The molecule has 0 aliphatic heterocycles. The monoisotopic (exact) mass is 406 g/mol. The smallest absolute Gasteiger partial charge is 0.351 e. The summed E-state index contributed by atoms with van der Waals surface area (Å²) in [6, 6.07) is 6.34. The molecule has 0 atom stereocenters. The maximum absolute atomic E-state index is 12.6. The molecule has 0 bridgehead atoms. The van der Waals surface area contributed by atoms with E-state index < -0.39 is 27.8 Å². The van der Waals surface area contributed by atoms with Crippen LogP contribution in [0, 0.1) is 0 Å². The van der Waals surface area contributed by atoms with Crippen LogP contribution in [0.2, 0.25) is 0 Å². The summed E-state index contributed by atoms with van der Waals surface area (Å²) in [5.41, 5.74) is -0.448. The third-order valence-electron chi connectivity index (χ3n) is 3.00. The summed E-state index contributed by atoms with van der Waals surface area (Å²) in [6.45, 7) is 0.119. The van der Waals surface area contributed by atoms with Crippen LogP contribution in [0.15, 0.2) is 46.6 Å². The summed E-state index contributed by atoms with van der Waals surface area (Å²) < 4.78 is 59.9. The summed E-state index contributed by atoms with van der Waals surface area (Å²) >= 11 is 0.770. The van der Waals surface area contributed by atoms with Gasteiger partial charge < -0.3 is 5.32 Å². The first kappa shape index (κ1) is 20.1. The number of nitrogens with two attached hydrogens (primary N) is 1. The number of hydrogen-bond acceptors (Lipinski definition) is 6. The zero-order chi connectivity index (χ0) is 19.4. The molecule has 7 nitrogen and oxygen atoms in total. The third kappa shape index (κ3) is 5.97. The van der Waals surface area contributed by atoms with Gasteiger partial charge in [-0.25, -0.2) is 23.5 Å². The molecule has 0 saturated carbocycles. The van der Waals surface area contributed by atoms with Gasteiger partial charge in [-0.2, -0.15) is 13.2 Å². The molecule has 1 heterocycles. The van der Waals surface area contributed by atoms with E-state index in [-0.39, 0.29) is 22.3 Å². The molecule has 140 valence electrons. The van der Waals surface area contributed by atoms with E-state index >= 15 is 0 Å². The van der Waals surface area contributed by atoms with Gasteiger partial charge in [0.05, 0.1) is 10.6 Å². The van der Waals surface area contributed by atoms with Crippen LogP contribution < -0.4 is 10.5 Å². The van der Waals surface area contributed by atoms with Crippen LogP contribution in [-0.4, -0.2) is 30.0 Å². The van der Waals surface area contributed by atoms with Crippen LogP contribution in [0.4, 0.5) is 13.2 Å². The van der Waals surface area contributed by atoms with E-state index in [1.165, 1.54) is 24.3 Å². The molecule has 2 rings (SSSR count). The van der Waals surface area contributed by atoms with Crippen LogP contribution in [0.5, 0.6) is 0 Å². The van der Waals surface area contributed by atoms with Gasteiger partial charge in [0.25, 0.3) is 0 Å². The van der Waals surface area contributed by atoms with E-state index in [1.807, 2.05) is 0 Å². The minimum absolute atomic E-state index is 0.0511. The zero-order valence-electron chi connectivity index (χ0n) is 13.0. The van der Waals surface area contributed by atoms with Gasteiger partial charge in [0.15, 0.2) is 5.16 Å². The van der Waals surface area contributed by atoms with Crippen molar-refractivity contribution in [1.82, 2.24) is 15.3 Å². The Bertz CT molecular complexity index is 887. The number of aromatic nitrogens is 2. The van der Waals surface area contributed by atoms with Crippen molar-refractivity contribution in [2.45, 2.75) is 22.8 Å². The molecule has 0 aliphatic rings. The molecule has 0 saturated heterocycles. The summed E-state index contributed by atoms with van der Waals surface area (Å²) in [7, 11) is -3.79. The summed E-state index contributed by atoms with van der Waals surface area (Å²) in [5.74, 6) is -0.608. The highest BCUT2D eigenvalue weighted by Crippen LogP contribution is 2.28. The van der Waals surface area contributed by atoms with Crippen LogP contribution in [-0.2, 0) is 27.5 Å². The van der Waals surface area contributed by atoms with Gasteiger partial charge in [0.2, 0.25) is 15.9 Å².